The highest BCUT2D eigenvalue weighted by Gasteiger charge is 2.37. The maximum atomic E-state index is 12.0. The number of esters is 1. The van der Waals surface area contributed by atoms with Crippen LogP contribution in [0.4, 0.5) is 0 Å². The minimum atomic E-state index is -0.582. The Morgan fingerprint density at radius 3 is 2.59 bits per heavy atom. The second-order valence-corrected chi connectivity index (χ2v) is 5.33. The van der Waals surface area contributed by atoms with Crippen molar-refractivity contribution in [3.8, 4) is 11.5 Å². The van der Waals surface area contributed by atoms with Gasteiger partial charge in [-0.05, 0) is 33.3 Å². The molecule has 1 aliphatic rings. The lowest BCUT2D eigenvalue weighted by atomic mass is 10.00. The number of allylic oxidation sites excluding steroid dienone is 1. The molecule has 0 aromatic heterocycles. The topological polar surface area (TPSA) is 72.8 Å². The Labute approximate surface area is 129 Å². The van der Waals surface area contributed by atoms with E-state index < -0.39 is 12.1 Å². The lowest BCUT2D eigenvalue weighted by Crippen LogP contribution is -2.23. The molecule has 0 radical (unpaired) electrons. The van der Waals surface area contributed by atoms with Crippen molar-refractivity contribution in [1.29, 1.82) is 0 Å². The Balaban J connectivity index is 2.41. The number of phenols is 1. The van der Waals surface area contributed by atoms with Gasteiger partial charge in [0, 0.05) is 17.2 Å². The van der Waals surface area contributed by atoms with Crippen LogP contribution < -0.4 is 4.74 Å². The van der Waals surface area contributed by atoms with E-state index in [1.54, 1.807) is 26.0 Å². The van der Waals surface area contributed by atoms with Gasteiger partial charge in [0.05, 0.1) is 5.56 Å². The molecule has 5 heteroatoms. The third-order valence-corrected chi connectivity index (χ3v) is 3.82. The van der Waals surface area contributed by atoms with Gasteiger partial charge in [-0.1, -0.05) is 13.0 Å². The van der Waals surface area contributed by atoms with Crippen LogP contribution in [-0.2, 0) is 9.53 Å². The fourth-order valence-electron chi connectivity index (χ4n) is 2.38. The van der Waals surface area contributed by atoms with Gasteiger partial charge in [0.2, 0.25) is 0 Å². The number of benzene rings is 1. The Morgan fingerprint density at radius 2 is 2.05 bits per heavy atom. The summed E-state index contributed by atoms with van der Waals surface area (Å²) in [5.74, 6) is -0.349. The summed E-state index contributed by atoms with van der Waals surface area (Å²) in [4.78, 5) is 23.6. The minimum Gasteiger partial charge on any atom is -0.507 e. The number of phenolic OH excluding ortho intramolecular Hbond substituents is 1. The summed E-state index contributed by atoms with van der Waals surface area (Å²) in [6, 6.07) is 2.96. The maximum absolute atomic E-state index is 12.0. The van der Waals surface area contributed by atoms with E-state index in [0.717, 1.165) is 0 Å². The molecule has 1 aromatic rings. The number of ether oxygens (including phenoxy) is 2. The van der Waals surface area contributed by atoms with Crippen molar-refractivity contribution < 1.29 is 24.2 Å². The van der Waals surface area contributed by atoms with Gasteiger partial charge >= 0.3 is 5.97 Å². The summed E-state index contributed by atoms with van der Waals surface area (Å²) in [7, 11) is 0. The zero-order valence-corrected chi connectivity index (χ0v) is 13.2. The fourth-order valence-corrected chi connectivity index (χ4v) is 2.38. The van der Waals surface area contributed by atoms with E-state index in [0.29, 0.717) is 23.3 Å². The van der Waals surface area contributed by atoms with Gasteiger partial charge in [0.1, 0.15) is 17.6 Å². The SMILES string of the molecule is C/C=C(\C)C(=O)OC1c2cc(C(C)=O)c(O)cc2OC1CC. The van der Waals surface area contributed by atoms with Crippen LogP contribution in [0.15, 0.2) is 23.8 Å². The zero-order chi connectivity index (χ0) is 16.4. The van der Waals surface area contributed by atoms with Crippen LogP contribution in [0.2, 0.25) is 0 Å². The Kier molecular flexibility index (Phi) is 4.54. The van der Waals surface area contributed by atoms with Crippen LogP contribution in [0, 0.1) is 0 Å². The van der Waals surface area contributed by atoms with E-state index in [-0.39, 0.29) is 23.2 Å². The van der Waals surface area contributed by atoms with Crippen molar-refractivity contribution in [1.82, 2.24) is 0 Å². The van der Waals surface area contributed by atoms with E-state index in [1.165, 1.54) is 13.0 Å². The first-order valence-electron chi connectivity index (χ1n) is 7.27. The van der Waals surface area contributed by atoms with Gasteiger partial charge < -0.3 is 14.6 Å². The Hall–Kier alpha value is -2.30. The maximum Gasteiger partial charge on any atom is 0.334 e. The van der Waals surface area contributed by atoms with Crippen LogP contribution in [0.3, 0.4) is 0 Å². The Morgan fingerprint density at radius 1 is 1.36 bits per heavy atom. The van der Waals surface area contributed by atoms with Gasteiger partial charge in [-0.3, -0.25) is 4.79 Å². The molecule has 22 heavy (non-hydrogen) atoms. The summed E-state index contributed by atoms with van der Waals surface area (Å²) < 4.78 is 11.3. The predicted molar refractivity (Wildman–Crippen MR) is 81.1 cm³/mol. The molecule has 0 saturated heterocycles. The van der Waals surface area contributed by atoms with Crippen molar-refractivity contribution in [2.24, 2.45) is 0 Å². The second kappa shape index (κ2) is 6.22. The summed E-state index contributed by atoms with van der Waals surface area (Å²) >= 11 is 0. The molecule has 0 fully saturated rings. The average Bonchev–Trinajstić information content (AvgIpc) is 2.81. The summed E-state index contributed by atoms with van der Waals surface area (Å²) in [6.07, 6.45) is 1.40. The molecule has 0 saturated carbocycles. The fraction of sp³-hybridized carbons (Fsp3) is 0.412. The number of rotatable bonds is 4. The highest BCUT2D eigenvalue weighted by Crippen LogP contribution is 2.43. The number of aromatic hydroxyl groups is 1. The molecular weight excluding hydrogens is 284 g/mol. The molecule has 1 aliphatic heterocycles. The van der Waals surface area contributed by atoms with Crippen LogP contribution in [0.25, 0.3) is 0 Å². The van der Waals surface area contributed by atoms with Crippen molar-refractivity contribution >= 4 is 11.8 Å². The third kappa shape index (κ3) is 2.84. The highest BCUT2D eigenvalue weighted by molar-refractivity contribution is 5.97. The first-order chi connectivity index (χ1) is 10.4. The molecule has 1 aromatic carbocycles. The predicted octanol–water partition coefficient (Wildman–Crippen LogP) is 3.32. The van der Waals surface area contributed by atoms with Crippen molar-refractivity contribution in [3.63, 3.8) is 0 Å². The van der Waals surface area contributed by atoms with E-state index in [9.17, 15) is 14.7 Å². The van der Waals surface area contributed by atoms with Gasteiger partial charge in [0.25, 0.3) is 0 Å². The lowest BCUT2D eigenvalue weighted by molar-refractivity contribution is -0.147. The van der Waals surface area contributed by atoms with Crippen LogP contribution in [0.1, 0.15) is 56.1 Å². The molecule has 0 amide bonds. The number of carbonyl (C=O) groups is 2. The Bertz CT molecular complexity index is 645. The number of hydrogen-bond acceptors (Lipinski definition) is 5. The second-order valence-electron chi connectivity index (χ2n) is 5.33. The van der Waals surface area contributed by atoms with Crippen molar-refractivity contribution in [3.05, 3.63) is 34.9 Å². The normalized spacial score (nSPS) is 20.3. The van der Waals surface area contributed by atoms with Gasteiger partial charge in [-0.15, -0.1) is 0 Å². The largest absolute Gasteiger partial charge is 0.507 e. The molecule has 1 N–H and O–H groups in total. The molecule has 0 aliphatic carbocycles. The summed E-state index contributed by atoms with van der Waals surface area (Å²) in [5.41, 5.74) is 1.32. The molecule has 1 heterocycles. The van der Waals surface area contributed by atoms with Gasteiger partial charge in [-0.25, -0.2) is 4.79 Å². The zero-order valence-electron chi connectivity index (χ0n) is 13.2. The molecule has 2 rings (SSSR count). The van der Waals surface area contributed by atoms with Crippen LogP contribution in [-0.4, -0.2) is 23.0 Å². The van der Waals surface area contributed by atoms with Crippen molar-refractivity contribution in [2.45, 2.75) is 46.3 Å². The lowest BCUT2D eigenvalue weighted by Gasteiger charge is -2.18. The molecule has 0 bridgehead atoms. The molecule has 118 valence electrons. The standard InChI is InChI=1S/C17H20O5/c1-5-9(3)17(20)22-16-12-7-11(10(4)18)13(19)8-15(12)21-14(16)6-2/h5,7-8,14,16,19H,6H2,1-4H3/b9-5+. The number of fused-ring (bicyclic) bond motifs is 1. The van der Waals surface area contributed by atoms with Crippen molar-refractivity contribution in [2.75, 3.05) is 0 Å². The van der Waals surface area contributed by atoms with E-state index in [1.807, 2.05) is 6.92 Å². The third-order valence-electron chi connectivity index (χ3n) is 3.82. The molecule has 5 nitrogen and oxygen atoms in total. The molecule has 2 unspecified atom stereocenters. The number of ketones is 1. The van der Waals surface area contributed by atoms with Gasteiger partial charge in [0.15, 0.2) is 11.9 Å². The van der Waals surface area contributed by atoms with E-state index in [4.69, 9.17) is 9.47 Å². The average molecular weight is 304 g/mol. The summed E-state index contributed by atoms with van der Waals surface area (Å²) in [6.45, 7) is 6.74. The first-order valence-corrected chi connectivity index (χ1v) is 7.27. The molecular formula is C17H20O5. The molecule has 2 atom stereocenters. The first kappa shape index (κ1) is 16.1. The number of Topliss-reactive ketones (excluding diaryl/α,β-unsaturated/α-hetero) is 1. The van der Waals surface area contributed by atoms with E-state index >= 15 is 0 Å². The molecule has 0 spiro atoms. The highest BCUT2D eigenvalue weighted by atomic mass is 16.6. The monoisotopic (exact) mass is 304 g/mol. The summed E-state index contributed by atoms with van der Waals surface area (Å²) in [5, 5.41) is 9.88. The van der Waals surface area contributed by atoms with Crippen LogP contribution in [0.5, 0.6) is 11.5 Å². The van der Waals surface area contributed by atoms with Crippen LogP contribution >= 0.6 is 0 Å². The number of carbonyl (C=O) groups excluding carboxylic acids is 2. The number of hydrogen-bond donors (Lipinski definition) is 1. The van der Waals surface area contributed by atoms with E-state index in [2.05, 4.69) is 0 Å². The smallest absolute Gasteiger partial charge is 0.334 e. The minimum absolute atomic E-state index is 0.127. The van der Waals surface area contributed by atoms with Gasteiger partial charge in [-0.2, -0.15) is 0 Å². The quantitative estimate of drug-likeness (QED) is 0.525.